The van der Waals surface area contributed by atoms with Gasteiger partial charge in [0.15, 0.2) is 5.78 Å². The lowest BCUT2D eigenvalue weighted by Gasteiger charge is -2.32. The zero-order valence-corrected chi connectivity index (χ0v) is 16.3. The van der Waals surface area contributed by atoms with E-state index in [-0.39, 0.29) is 5.78 Å². The van der Waals surface area contributed by atoms with Crippen molar-refractivity contribution in [1.29, 1.82) is 0 Å². The number of aromatic amines is 1. The molecule has 1 aliphatic heterocycles. The minimum Gasteiger partial charge on any atom is -0.379 e. The number of carbonyl (C=O) groups is 1. The Morgan fingerprint density at radius 1 is 1.11 bits per heavy atom. The van der Waals surface area contributed by atoms with Crippen molar-refractivity contribution in [2.45, 2.75) is 12.5 Å². The molecule has 5 heteroatoms. The number of ketones is 1. The van der Waals surface area contributed by atoms with Gasteiger partial charge in [0, 0.05) is 48.8 Å². The van der Waals surface area contributed by atoms with Crippen molar-refractivity contribution in [3.63, 3.8) is 0 Å². The van der Waals surface area contributed by atoms with Crippen molar-refractivity contribution in [1.82, 2.24) is 15.2 Å². The molecule has 1 saturated heterocycles. The van der Waals surface area contributed by atoms with Crippen LogP contribution in [0, 0.1) is 0 Å². The summed E-state index contributed by atoms with van der Waals surface area (Å²) < 4.78 is 5.42. The molecule has 1 aliphatic rings. The molecule has 0 saturated carbocycles. The Balaban J connectivity index is 1.60. The number of para-hydroxylation sites is 1. The first-order valence-corrected chi connectivity index (χ1v) is 9.90. The molecule has 4 rings (SSSR count). The zero-order chi connectivity index (χ0) is 19.4. The maximum Gasteiger partial charge on any atom is 0.189 e. The first-order chi connectivity index (χ1) is 13.7. The first kappa shape index (κ1) is 18.9. The quantitative estimate of drug-likeness (QED) is 0.621. The Kier molecular flexibility index (Phi) is 5.57. The van der Waals surface area contributed by atoms with Gasteiger partial charge in [-0.3, -0.25) is 15.0 Å². The Hall–Kier alpha value is -2.47. The largest absolute Gasteiger partial charge is 0.379 e. The molecule has 28 heavy (non-hydrogen) atoms. The summed E-state index contributed by atoms with van der Waals surface area (Å²) in [6.45, 7) is 7.08. The molecule has 0 aliphatic carbocycles. The van der Waals surface area contributed by atoms with Crippen molar-refractivity contribution in [3.05, 3.63) is 71.9 Å². The van der Waals surface area contributed by atoms with Crippen molar-refractivity contribution < 1.29 is 9.53 Å². The van der Waals surface area contributed by atoms with E-state index in [2.05, 4.69) is 15.2 Å². The van der Waals surface area contributed by atoms with Gasteiger partial charge in [-0.25, -0.2) is 0 Å². The third kappa shape index (κ3) is 3.74. The highest BCUT2D eigenvalue weighted by molar-refractivity contribution is 6.12. The van der Waals surface area contributed by atoms with E-state index in [1.807, 2.05) is 67.7 Å². The molecule has 3 aromatic rings. The molecular weight excluding hydrogens is 350 g/mol. The van der Waals surface area contributed by atoms with Crippen LogP contribution in [0.3, 0.4) is 0 Å². The van der Waals surface area contributed by atoms with Gasteiger partial charge in [-0.05, 0) is 18.6 Å². The lowest BCUT2D eigenvalue weighted by molar-refractivity contribution is 0.0373. The number of aromatic nitrogens is 1. The molecule has 5 nitrogen and oxygen atoms in total. The summed E-state index contributed by atoms with van der Waals surface area (Å²) in [4.78, 5) is 19.3. The number of hydrogen-bond acceptors (Lipinski definition) is 4. The minimum absolute atomic E-state index is 0.0816. The number of benzene rings is 2. The van der Waals surface area contributed by atoms with Crippen LogP contribution >= 0.6 is 0 Å². The van der Waals surface area contributed by atoms with E-state index in [9.17, 15) is 4.79 Å². The third-order valence-corrected chi connectivity index (χ3v) is 5.65. The molecule has 0 spiro atoms. The smallest absolute Gasteiger partial charge is 0.189 e. The normalized spacial score (nSPS) is 17.5. The summed E-state index contributed by atoms with van der Waals surface area (Å²) in [6, 6.07) is 17.9. The minimum atomic E-state index is -0.793. The second-order valence-corrected chi connectivity index (χ2v) is 7.45. The van der Waals surface area contributed by atoms with Gasteiger partial charge in [0.2, 0.25) is 0 Å². The number of morpholine rings is 1. The van der Waals surface area contributed by atoms with Crippen LogP contribution in [0.2, 0.25) is 0 Å². The second-order valence-electron chi connectivity index (χ2n) is 7.45. The maximum atomic E-state index is 13.7. The van der Waals surface area contributed by atoms with Crippen molar-refractivity contribution >= 4 is 16.7 Å². The number of carbonyl (C=O) groups excluding carboxylic acids is 1. The predicted octanol–water partition coefficient (Wildman–Crippen LogP) is 3.19. The van der Waals surface area contributed by atoms with E-state index in [1.54, 1.807) is 0 Å². The zero-order valence-electron chi connectivity index (χ0n) is 16.3. The number of H-pyrrole nitrogens is 1. The van der Waals surface area contributed by atoms with Crippen molar-refractivity contribution in [2.75, 3.05) is 39.4 Å². The summed E-state index contributed by atoms with van der Waals surface area (Å²) in [5.74, 6) is 0.0816. The first-order valence-electron chi connectivity index (χ1n) is 9.90. The predicted molar refractivity (Wildman–Crippen MR) is 112 cm³/mol. The van der Waals surface area contributed by atoms with E-state index in [1.165, 1.54) is 0 Å². The third-order valence-electron chi connectivity index (χ3n) is 5.65. The summed E-state index contributed by atoms with van der Waals surface area (Å²) in [7, 11) is 0. The van der Waals surface area contributed by atoms with Gasteiger partial charge in [0.25, 0.3) is 0 Å². The van der Waals surface area contributed by atoms with Gasteiger partial charge >= 0.3 is 0 Å². The van der Waals surface area contributed by atoms with Gasteiger partial charge in [0.05, 0.1) is 13.2 Å². The van der Waals surface area contributed by atoms with Gasteiger partial charge < -0.3 is 9.72 Å². The Morgan fingerprint density at radius 2 is 1.82 bits per heavy atom. The highest BCUT2D eigenvalue weighted by Gasteiger charge is 2.36. The van der Waals surface area contributed by atoms with Gasteiger partial charge in [-0.1, -0.05) is 48.5 Å². The van der Waals surface area contributed by atoms with E-state index < -0.39 is 5.54 Å². The number of nitrogens with zero attached hydrogens (tertiary/aromatic N) is 1. The van der Waals surface area contributed by atoms with Crippen LogP contribution in [0.1, 0.15) is 22.8 Å². The van der Waals surface area contributed by atoms with E-state index in [0.717, 1.165) is 61.4 Å². The van der Waals surface area contributed by atoms with Crippen LogP contribution < -0.4 is 5.32 Å². The average molecular weight is 377 g/mol. The Labute approximate surface area is 165 Å². The molecule has 1 aromatic heterocycles. The van der Waals surface area contributed by atoms with Crippen molar-refractivity contribution in [2.24, 2.45) is 0 Å². The number of nitrogens with one attached hydrogen (secondary N) is 2. The fraction of sp³-hybridized carbons (Fsp3) is 0.348. The molecule has 2 N–H and O–H groups in total. The van der Waals surface area contributed by atoms with E-state index >= 15 is 0 Å². The van der Waals surface area contributed by atoms with Gasteiger partial charge in [-0.15, -0.1) is 0 Å². The summed E-state index contributed by atoms with van der Waals surface area (Å²) >= 11 is 0. The van der Waals surface area contributed by atoms with Crippen LogP contribution in [0.25, 0.3) is 10.9 Å². The molecule has 1 atom stereocenters. The van der Waals surface area contributed by atoms with Gasteiger partial charge in [0.1, 0.15) is 5.54 Å². The van der Waals surface area contributed by atoms with Crippen LogP contribution in [-0.4, -0.2) is 55.1 Å². The molecule has 0 unspecified atom stereocenters. The Morgan fingerprint density at radius 3 is 2.61 bits per heavy atom. The summed E-state index contributed by atoms with van der Waals surface area (Å²) in [5.41, 5.74) is 1.89. The van der Waals surface area contributed by atoms with Crippen LogP contribution in [0.4, 0.5) is 0 Å². The fourth-order valence-corrected chi connectivity index (χ4v) is 3.90. The lowest BCUT2D eigenvalue weighted by atomic mass is 9.84. The number of fused-ring (bicyclic) bond motifs is 1. The fourth-order valence-electron chi connectivity index (χ4n) is 3.90. The molecular formula is C23H27N3O2. The lowest BCUT2D eigenvalue weighted by Crippen LogP contribution is -2.50. The summed E-state index contributed by atoms with van der Waals surface area (Å²) in [5, 5.41) is 4.53. The molecule has 0 bridgehead atoms. The standard InChI is InChI=1S/C23H27N3O2/c1-23(18-7-3-2-4-8-18,25-11-12-26-13-15-28-16-14-26)22(27)20-17-24-21-10-6-5-9-19(20)21/h2-10,17,24-25H,11-16H2,1H3/t23-/m0/s1. The van der Waals surface area contributed by atoms with Crippen molar-refractivity contribution in [3.8, 4) is 0 Å². The van der Waals surface area contributed by atoms with E-state index in [4.69, 9.17) is 4.74 Å². The average Bonchev–Trinajstić information content (AvgIpc) is 3.18. The topological polar surface area (TPSA) is 57.4 Å². The second kappa shape index (κ2) is 8.27. The highest BCUT2D eigenvalue weighted by Crippen LogP contribution is 2.29. The van der Waals surface area contributed by atoms with Crippen LogP contribution in [0.15, 0.2) is 60.8 Å². The van der Waals surface area contributed by atoms with E-state index in [0.29, 0.717) is 0 Å². The van der Waals surface area contributed by atoms with Crippen LogP contribution in [-0.2, 0) is 10.3 Å². The number of rotatable bonds is 7. The molecule has 146 valence electrons. The van der Waals surface area contributed by atoms with Crippen LogP contribution in [0.5, 0.6) is 0 Å². The molecule has 1 fully saturated rings. The molecule has 0 amide bonds. The number of ether oxygens (including phenoxy) is 1. The number of hydrogen-bond donors (Lipinski definition) is 2. The monoisotopic (exact) mass is 377 g/mol. The molecule has 2 heterocycles. The Bertz CT molecular complexity index is 931. The maximum absolute atomic E-state index is 13.7. The molecule has 0 radical (unpaired) electrons. The number of Topliss-reactive ketones (excluding diaryl/α,β-unsaturated/α-hetero) is 1. The molecule has 2 aromatic carbocycles. The SMILES string of the molecule is C[C@@](NCCN1CCOCC1)(C(=O)c1c[nH]c2ccccc12)c1ccccc1. The summed E-state index contributed by atoms with van der Waals surface area (Å²) in [6.07, 6.45) is 1.83. The van der Waals surface area contributed by atoms with Gasteiger partial charge in [-0.2, -0.15) is 0 Å². The highest BCUT2D eigenvalue weighted by atomic mass is 16.5.